The molecule has 1 rings (SSSR count). The monoisotopic (exact) mass is 236 g/mol. The Labute approximate surface area is 94.1 Å². The molecule has 1 aromatic carbocycles. The second-order valence-electron chi connectivity index (χ2n) is 2.34. The average molecular weight is 238 g/mol. The van der Waals surface area contributed by atoms with Crippen molar-refractivity contribution in [3.8, 4) is 0 Å². The summed E-state index contributed by atoms with van der Waals surface area (Å²) in [6.45, 7) is 2.08. The minimum Gasteiger partial charge on any atom is -0.121 e. The summed E-state index contributed by atoms with van der Waals surface area (Å²) in [6, 6.07) is 10.3. The predicted octanol–water partition coefficient (Wildman–Crippen LogP) is 4.54. The van der Waals surface area contributed by atoms with E-state index >= 15 is 0 Å². The van der Waals surface area contributed by atoms with Crippen LogP contribution in [0, 0.1) is 6.92 Å². The van der Waals surface area contributed by atoms with Gasteiger partial charge < -0.3 is 0 Å². The number of rotatable bonds is 1. The van der Waals surface area contributed by atoms with Gasteiger partial charge in [-0.2, -0.15) is 0 Å². The molecule has 0 nitrogen and oxygen atoms in total. The number of halogens is 3. The molecule has 0 aliphatic rings. The molecule has 0 fully saturated rings. The number of benzene rings is 1. The maximum Gasteiger partial charge on any atom is 0.0590 e. The zero-order chi connectivity index (χ0) is 10.1. The zero-order valence-electron chi connectivity index (χ0n) is 7.31. The largest absolute Gasteiger partial charge is 0.121 e. The molecule has 0 aliphatic carbocycles. The fourth-order valence-corrected chi connectivity index (χ4v) is 0.797. The van der Waals surface area contributed by atoms with Crippen molar-refractivity contribution in [2.24, 2.45) is 0 Å². The van der Waals surface area contributed by atoms with Crippen LogP contribution in [0.5, 0.6) is 0 Å². The lowest BCUT2D eigenvalue weighted by molar-refractivity contribution is 1.48. The van der Waals surface area contributed by atoms with Gasteiger partial charge in [-0.1, -0.05) is 59.1 Å². The van der Waals surface area contributed by atoms with E-state index in [2.05, 4.69) is 19.1 Å². The van der Waals surface area contributed by atoms with Gasteiger partial charge in [0, 0.05) is 10.6 Å². The van der Waals surface area contributed by atoms with E-state index in [1.807, 2.05) is 18.2 Å². The zero-order valence-corrected chi connectivity index (χ0v) is 9.57. The number of aryl methyl sites for hydroxylation is 1. The summed E-state index contributed by atoms with van der Waals surface area (Å²) >= 11 is 15.5. The molecule has 0 radical (unpaired) electrons. The van der Waals surface area contributed by atoms with Gasteiger partial charge in [0.05, 0.1) is 5.88 Å². The van der Waals surface area contributed by atoms with Gasteiger partial charge in [0.25, 0.3) is 0 Å². The smallest absolute Gasteiger partial charge is 0.0590 e. The number of hydrogen-bond acceptors (Lipinski definition) is 0. The molecule has 0 saturated heterocycles. The van der Waals surface area contributed by atoms with E-state index in [1.165, 1.54) is 11.1 Å². The maximum atomic E-state index is 5.25. The lowest BCUT2D eigenvalue weighted by atomic mass is 10.2. The lowest BCUT2D eigenvalue weighted by Crippen LogP contribution is -1.64. The average Bonchev–Trinajstić information content (AvgIpc) is 2.19. The molecule has 0 saturated carbocycles. The highest BCUT2D eigenvalue weighted by Gasteiger charge is 1.80. The van der Waals surface area contributed by atoms with Crippen LogP contribution in [0.25, 0.3) is 0 Å². The van der Waals surface area contributed by atoms with Crippen molar-refractivity contribution in [2.45, 2.75) is 6.92 Å². The Hall–Kier alpha value is -0.170. The van der Waals surface area contributed by atoms with Gasteiger partial charge in [0.2, 0.25) is 0 Å². The van der Waals surface area contributed by atoms with E-state index < -0.39 is 0 Å². The molecule has 0 aromatic heterocycles. The Bertz CT molecular complexity index is 242. The molecule has 0 atom stereocenters. The summed E-state index contributed by atoms with van der Waals surface area (Å²) in [4.78, 5) is 0. The number of alkyl halides is 1. The second-order valence-corrected chi connectivity index (χ2v) is 3.32. The van der Waals surface area contributed by atoms with Crippen molar-refractivity contribution in [1.82, 2.24) is 0 Å². The minimum atomic E-state index is 0.297. The molecule has 0 heterocycles. The standard InChI is InChI=1S/C7H8.C3H3Cl3/c1-7-5-3-2-4-6-7;4-1-3(6)2-5/h2-6H,1H3;1H,2H2/b;3-1-. The highest BCUT2D eigenvalue weighted by atomic mass is 35.5. The van der Waals surface area contributed by atoms with E-state index in [-0.39, 0.29) is 0 Å². The topological polar surface area (TPSA) is 0 Å². The summed E-state index contributed by atoms with van der Waals surface area (Å²) in [5, 5.41) is 0.471. The van der Waals surface area contributed by atoms with Crippen LogP contribution in [0.1, 0.15) is 5.56 Å². The third kappa shape index (κ3) is 8.17. The fraction of sp³-hybridized carbons (Fsp3) is 0.200. The van der Waals surface area contributed by atoms with Gasteiger partial charge in [0.1, 0.15) is 0 Å². The molecule has 3 heteroatoms. The van der Waals surface area contributed by atoms with E-state index in [4.69, 9.17) is 34.8 Å². The van der Waals surface area contributed by atoms with Gasteiger partial charge in [-0.25, -0.2) is 0 Å². The summed E-state index contributed by atoms with van der Waals surface area (Å²) < 4.78 is 0. The molecule has 0 unspecified atom stereocenters. The molecule has 0 bridgehead atoms. The first-order chi connectivity index (χ1) is 6.20. The Morgan fingerprint density at radius 1 is 1.31 bits per heavy atom. The molecular formula is C10H11Cl3. The van der Waals surface area contributed by atoms with E-state index in [1.54, 1.807) is 0 Å². The first-order valence-electron chi connectivity index (χ1n) is 3.73. The van der Waals surface area contributed by atoms with E-state index in [0.29, 0.717) is 10.9 Å². The van der Waals surface area contributed by atoms with Crippen LogP contribution >= 0.6 is 34.8 Å². The van der Waals surface area contributed by atoms with Crippen molar-refractivity contribution in [3.63, 3.8) is 0 Å². The van der Waals surface area contributed by atoms with Crippen molar-refractivity contribution in [2.75, 3.05) is 5.88 Å². The van der Waals surface area contributed by atoms with Crippen LogP contribution < -0.4 is 0 Å². The van der Waals surface area contributed by atoms with Gasteiger partial charge >= 0.3 is 0 Å². The van der Waals surface area contributed by atoms with Gasteiger partial charge in [-0.3, -0.25) is 0 Å². The highest BCUT2D eigenvalue weighted by Crippen LogP contribution is 2.03. The van der Waals surface area contributed by atoms with E-state index in [9.17, 15) is 0 Å². The number of hydrogen-bond donors (Lipinski definition) is 0. The van der Waals surface area contributed by atoms with Crippen molar-refractivity contribution in [1.29, 1.82) is 0 Å². The minimum absolute atomic E-state index is 0.297. The maximum absolute atomic E-state index is 5.25. The van der Waals surface area contributed by atoms with Crippen molar-refractivity contribution >= 4 is 34.8 Å². The normalized spacial score (nSPS) is 10.3. The van der Waals surface area contributed by atoms with Gasteiger partial charge in [-0.05, 0) is 6.92 Å². The molecular weight excluding hydrogens is 226 g/mol. The fourth-order valence-electron chi connectivity index (χ4n) is 0.564. The van der Waals surface area contributed by atoms with Crippen molar-refractivity contribution in [3.05, 3.63) is 46.5 Å². The SMILES string of the molecule is Cc1ccccc1.Cl/C=C(\Cl)CCl. The van der Waals surface area contributed by atoms with Crippen molar-refractivity contribution < 1.29 is 0 Å². The summed E-state index contributed by atoms with van der Waals surface area (Å²) in [5.41, 5.74) is 2.57. The quantitative estimate of drug-likeness (QED) is 0.629. The molecule has 72 valence electrons. The Morgan fingerprint density at radius 2 is 1.85 bits per heavy atom. The van der Waals surface area contributed by atoms with Crippen LogP contribution in [0.2, 0.25) is 0 Å². The van der Waals surface area contributed by atoms with Crippen LogP contribution in [0.15, 0.2) is 40.9 Å². The van der Waals surface area contributed by atoms with Crippen LogP contribution in [0.4, 0.5) is 0 Å². The molecule has 0 spiro atoms. The van der Waals surface area contributed by atoms with Crippen LogP contribution in [0.3, 0.4) is 0 Å². The van der Waals surface area contributed by atoms with Gasteiger partial charge in [-0.15, -0.1) is 11.6 Å². The first-order valence-corrected chi connectivity index (χ1v) is 5.08. The number of allylic oxidation sites excluding steroid dienone is 1. The molecule has 0 N–H and O–H groups in total. The molecule has 1 aromatic rings. The Kier molecular flexibility index (Phi) is 8.32. The van der Waals surface area contributed by atoms with Crippen LogP contribution in [-0.2, 0) is 0 Å². The second kappa shape index (κ2) is 8.43. The predicted molar refractivity (Wildman–Crippen MR) is 61.7 cm³/mol. The summed E-state index contributed by atoms with van der Waals surface area (Å²) in [7, 11) is 0. The third-order valence-electron chi connectivity index (χ3n) is 1.19. The van der Waals surface area contributed by atoms with E-state index in [0.717, 1.165) is 0 Å². The molecule has 13 heavy (non-hydrogen) atoms. The molecule has 0 amide bonds. The summed E-state index contributed by atoms with van der Waals surface area (Å²) in [6.07, 6.45) is 0. The highest BCUT2D eigenvalue weighted by molar-refractivity contribution is 6.40. The summed E-state index contributed by atoms with van der Waals surface area (Å²) in [5.74, 6) is 0.297. The van der Waals surface area contributed by atoms with Crippen LogP contribution in [-0.4, -0.2) is 5.88 Å². The third-order valence-corrected chi connectivity index (χ3v) is 2.23. The Balaban J connectivity index is 0.000000226. The van der Waals surface area contributed by atoms with Gasteiger partial charge in [0.15, 0.2) is 0 Å². The molecule has 0 aliphatic heterocycles. The lowest BCUT2D eigenvalue weighted by Gasteiger charge is -1.82. The first kappa shape index (κ1) is 12.8. The Morgan fingerprint density at radius 3 is 2.00 bits per heavy atom.